The molecule has 1 fully saturated rings. The number of ether oxygens (including phenoxy) is 2. The highest BCUT2D eigenvalue weighted by atomic mass is 32.2. The summed E-state index contributed by atoms with van der Waals surface area (Å²) in [5.74, 6) is 3.84. The summed E-state index contributed by atoms with van der Waals surface area (Å²) in [6.45, 7) is 3.14. The largest absolute Gasteiger partial charge is 0.354 e. The minimum absolute atomic E-state index is 0.147. The summed E-state index contributed by atoms with van der Waals surface area (Å²) in [4.78, 5) is 0. The maximum atomic E-state index is 5.20. The van der Waals surface area contributed by atoms with Gasteiger partial charge >= 0.3 is 0 Å². The molecule has 3 nitrogen and oxygen atoms in total. The van der Waals surface area contributed by atoms with Crippen LogP contribution in [0.1, 0.15) is 6.92 Å². The van der Waals surface area contributed by atoms with Gasteiger partial charge in [-0.1, -0.05) is 0 Å². The molecule has 0 aromatic rings. The molecule has 0 amide bonds. The zero-order valence-electron chi connectivity index (χ0n) is 9.69. The van der Waals surface area contributed by atoms with Crippen molar-refractivity contribution in [2.75, 3.05) is 38.0 Å². The first-order chi connectivity index (χ1) is 7.27. The summed E-state index contributed by atoms with van der Waals surface area (Å²) in [6, 6.07) is 0.243. The highest BCUT2D eigenvalue weighted by Crippen LogP contribution is 2.23. The first kappa shape index (κ1) is 13.6. The van der Waals surface area contributed by atoms with E-state index in [0.717, 1.165) is 11.8 Å². The highest BCUT2D eigenvalue weighted by Gasteiger charge is 2.19. The molecule has 0 aromatic heterocycles. The molecule has 2 unspecified atom stereocenters. The van der Waals surface area contributed by atoms with Gasteiger partial charge < -0.3 is 14.8 Å². The fourth-order valence-corrected chi connectivity index (χ4v) is 4.20. The lowest BCUT2D eigenvalue weighted by Gasteiger charge is -2.26. The molecule has 15 heavy (non-hydrogen) atoms. The zero-order valence-corrected chi connectivity index (χ0v) is 11.3. The summed E-state index contributed by atoms with van der Waals surface area (Å²) < 4.78 is 10.4. The van der Waals surface area contributed by atoms with Crippen LogP contribution in [0.3, 0.4) is 0 Å². The van der Waals surface area contributed by atoms with Crippen molar-refractivity contribution in [2.45, 2.75) is 24.5 Å². The van der Waals surface area contributed by atoms with E-state index in [1.165, 1.54) is 17.3 Å². The molecular formula is C10H21NO2S2. The van der Waals surface area contributed by atoms with Crippen molar-refractivity contribution >= 4 is 23.5 Å². The quantitative estimate of drug-likeness (QED) is 0.722. The van der Waals surface area contributed by atoms with Gasteiger partial charge in [-0.25, -0.2) is 0 Å². The molecule has 1 heterocycles. The van der Waals surface area contributed by atoms with E-state index >= 15 is 0 Å². The third kappa shape index (κ3) is 4.95. The Labute approximate surface area is 101 Å². The van der Waals surface area contributed by atoms with E-state index in [1.807, 2.05) is 0 Å². The van der Waals surface area contributed by atoms with Crippen molar-refractivity contribution in [3.8, 4) is 0 Å². The Morgan fingerprint density at radius 3 is 2.60 bits per heavy atom. The molecule has 0 bridgehead atoms. The first-order valence-corrected chi connectivity index (χ1v) is 7.46. The highest BCUT2D eigenvalue weighted by molar-refractivity contribution is 8.06. The maximum absolute atomic E-state index is 5.20. The van der Waals surface area contributed by atoms with Gasteiger partial charge in [0, 0.05) is 43.3 Å². The Hall–Kier alpha value is 0.580. The SMILES string of the molecule is COC(OC)C(C)NCC1CSCCS1. The number of nitrogens with one attached hydrogen (secondary N) is 1. The van der Waals surface area contributed by atoms with Crippen molar-refractivity contribution in [1.29, 1.82) is 0 Å². The lowest BCUT2D eigenvalue weighted by Crippen LogP contribution is -2.43. The van der Waals surface area contributed by atoms with E-state index in [9.17, 15) is 0 Å². The number of methoxy groups -OCH3 is 2. The number of rotatable bonds is 6. The van der Waals surface area contributed by atoms with Crippen LogP contribution in [0, 0.1) is 0 Å². The van der Waals surface area contributed by atoms with E-state index in [4.69, 9.17) is 9.47 Å². The molecule has 1 aliphatic rings. The molecule has 0 aliphatic carbocycles. The summed E-state index contributed by atoms with van der Waals surface area (Å²) in [5.41, 5.74) is 0. The molecule has 0 spiro atoms. The Balaban J connectivity index is 2.16. The van der Waals surface area contributed by atoms with Gasteiger partial charge in [-0.3, -0.25) is 0 Å². The Morgan fingerprint density at radius 1 is 1.33 bits per heavy atom. The Morgan fingerprint density at radius 2 is 2.07 bits per heavy atom. The number of hydrogen-bond acceptors (Lipinski definition) is 5. The second-order valence-electron chi connectivity index (χ2n) is 3.60. The van der Waals surface area contributed by atoms with Crippen molar-refractivity contribution in [1.82, 2.24) is 5.32 Å². The number of hydrogen-bond donors (Lipinski definition) is 1. The average molecular weight is 251 g/mol. The van der Waals surface area contributed by atoms with Crippen molar-refractivity contribution in [2.24, 2.45) is 0 Å². The normalized spacial score (nSPS) is 24.4. The van der Waals surface area contributed by atoms with Gasteiger partial charge in [0.05, 0.1) is 6.04 Å². The molecule has 1 aliphatic heterocycles. The van der Waals surface area contributed by atoms with Gasteiger partial charge in [-0.15, -0.1) is 0 Å². The van der Waals surface area contributed by atoms with Gasteiger partial charge in [-0.05, 0) is 6.92 Å². The minimum Gasteiger partial charge on any atom is -0.354 e. The van der Waals surface area contributed by atoms with Gasteiger partial charge in [0.15, 0.2) is 6.29 Å². The molecule has 1 saturated heterocycles. The van der Waals surface area contributed by atoms with Crippen LogP contribution in [0.2, 0.25) is 0 Å². The van der Waals surface area contributed by atoms with Crippen molar-refractivity contribution < 1.29 is 9.47 Å². The van der Waals surface area contributed by atoms with Crippen LogP contribution in [-0.4, -0.2) is 55.6 Å². The Kier molecular flexibility index (Phi) is 7.08. The monoisotopic (exact) mass is 251 g/mol. The van der Waals surface area contributed by atoms with E-state index in [-0.39, 0.29) is 12.3 Å². The fourth-order valence-electron chi connectivity index (χ4n) is 1.57. The van der Waals surface area contributed by atoms with Crippen LogP contribution in [0.5, 0.6) is 0 Å². The smallest absolute Gasteiger partial charge is 0.171 e. The summed E-state index contributed by atoms with van der Waals surface area (Å²) in [6.07, 6.45) is -0.147. The lowest BCUT2D eigenvalue weighted by molar-refractivity contribution is -0.119. The van der Waals surface area contributed by atoms with Crippen LogP contribution < -0.4 is 5.32 Å². The molecule has 2 atom stereocenters. The van der Waals surface area contributed by atoms with Crippen molar-refractivity contribution in [3.05, 3.63) is 0 Å². The maximum Gasteiger partial charge on any atom is 0.171 e. The molecule has 0 saturated carbocycles. The molecule has 5 heteroatoms. The summed E-state index contributed by atoms with van der Waals surface area (Å²) in [5, 5.41) is 4.21. The van der Waals surface area contributed by atoms with Gasteiger partial charge in [0.2, 0.25) is 0 Å². The first-order valence-electron chi connectivity index (χ1n) is 5.26. The lowest BCUT2D eigenvalue weighted by atomic mass is 10.3. The molecule has 90 valence electrons. The standard InChI is InChI=1S/C10H21NO2S2/c1-8(10(12-2)13-3)11-6-9-7-14-4-5-15-9/h8-11H,4-7H2,1-3H3. The zero-order chi connectivity index (χ0) is 11.1. The van der Waals surface area contributed by atoms with E-state index < -0.39 is 0 Å². The minimum atomic E-state index is -0.147. The summed E-state index contributed by atoms with van der Waals surface area (Å²) in [7, 11) is 3.36. The van der Waals surface area contributed by atoms with Crippen molar-refractivity contribution in [3.63, 3.8) is 0 Å². The second-order valence-corrected chi connectivity index (χ2v) is 6.16. The predicted octanol–water partition coefficient (Wildman–Crippen LogP) is 1.43. The molecule has 0 radical (unpaired) electrons. The third-order valence-corrected chi connectivity index (χ3v) is 5.27. The number of thioether (sulfide) groups is 2. The fraction of sp³-hybridized carbons (Fsp3) is 1.00. The van der Waals surface area contributed by atoms with Crippen LogP contribution in [-0.2, 0) is 9.47 Å². The van der Waals surface area contributed by atoms with E-state index in [0.29, 0.717) is 0 Å². The van der Waals surface area contributed by atoms with E-state index in [1.54, 1.807) is 14.2 Å². The van der Waals surface area contributed by atoms with Gasteiger partial charge in [-0.2, -0.15) is 23.5 Å². The Bertz CT molecular complexity index is 162. The average Bonchev–Trinajstić information content (AvgIpc) is 2.29. The van der Waals surface area contributed by atoms with Crippen LogP contribution in [0.25, 0.3) is 0 Å². The topological polar surface area (TPSA) is 30.5 Å². The van der Waals surface area contributed by atoms with E-state index in [2.05, 4.69) is 35.8 Å². The molecule has 1 rings (SSSR count). The molecular weight excluding hydrogens is 230 g/mol. The van der Waals surface area contributed by atoms with Gasteiger partial charge in [0.1, 0.15) is 0 Å². The molecule has 1 N–H and O–H groups in total. The van der Waals surface area contributed by atoms with Crippen LogP contribution >= 0.6 is 23.5 Å². The van der Waals surface area contributed by atoms with Crippen LogP contribution in [0.15, 0.2) is 0 Å². The second kappa shape index (κ2) is 7.79. The van der Waals surface area contributed by atoms with Gasteiger partial charge in [0.25, 0.3) is 0 Å². The molecule has 0 aromatic carbocycles. The third-order valence-electron chi connectivity index (χ3n) is 2.43. The van der Waals surface area contributed by atoms with Crippen LogP contribution in [0.4, 0.5) is 0 Å². The summed E-state index contributed by atoms with van der Waals surface area (Å²) >= 11 is 4.12. The predicted molar refractivity (Wildman–Crippen MR) is 68.8 cm³/mol.